The van der Waals surface area contributed by atoms with Crippen LogP contribution in [0.25, 0.3) is 0 Å². The van der Waals surface area contributed by atoms with Gasteiger partial charge in [0.15, 0.2) is 6.61 Å². The lowest BCUT2D eigenvalue weighted by Gasteiger charge is -2.29. The number of hydrogen-bond acceptors (Lipinski definition) is 5. The van der Waals surface area contributed by atoms with Crippen molar-refractivity contribution >= 4 is 34.8 Å². The van der Waals surface area contributed by atoms with Crippen molar-refractivity contribution in [3.63, 3.8) is 0 Å². The van der Waals surface area contributed by atoms with E-state index in [1.807, 2.05) is 6.07 Å². The lowest BCUT2D eigenvalue weighted by molar-refractivity contribution is -0.384. The van der Waals surface area contributed by atoms with E-state index in [9.17, 15) is 19.7 Å². The van der Waals surface area contributed by atoms with Gasteiger partial charge in [0.05, 0.1) is 16.7 Å². The second-order valence-electron chi connectivity index (χ2n) is 6.02. The predicted molar refractivity (Wildman–Crippen MR) is 99.0 cm³/mol. The maximum Gasteiger partial charge on any atom is 0.271 e. The lowest BCUT2D eigenvalue weighted by Crippen LogP contribution is -2.45. The molecule has 3 rings (SSSR count). The number of carbonyl (C=O) groups is 2. The van der Waals surface area contributed by atoms with Crippen molar-refractivity contribution < 1.29 is 19.2 Å². The Hall–Kier alpha value is -3.13. The maximum atomic E-state index is 12.4. The minimum Gasteiger partial charge on any atom is -0.482 e. The van der Waals surface area contributed by atoms with Crippen LogP contribution in [0.4, 0.5) is 11.4 Å². The Morgan fingerprint density at radius 3 is 2.85 bits per heavy atom. The number of carbonyl (C=O) groups excluding carboxylic acids is 2. The molecular formula is C18H16ClN3O5. The highest BCUT2D eigenvalue weighted by molar-refractivity contribution is 6.30. The van der Waals surface area contributed by atoms with Crippen LogP contribution in [0, 0.1) is 10.1 Å². The molecule has 0 saturated carbocycles. The van der Waals surface area contributed by atoms with Gasteiger partial charge in [-0.1, -0.05) is 23.7 Å². The van der Waals surface area contributed by atoms with Gasteiger partial charge < -0.3 is 10.1 Å². The fourth-order valence-electron chi connectivity index (χ4n) is 2.77. The topological polar surface area (TPSA) is 102 Å². The summed E-state index contributed by atoms with van der Waals surface area (Å²) in [4.78, 5) is 36.3. The van der Waals surface area contributed by atoms with Crippen molar-refractivity contribution in [2.45, 2.75) is 13.0 Å². The lowest BCUT2D eigenvalue weighted by atomic mass is 10.1. The first kappa shape index (κ1) is 18.7. The number of fused-ring (bicyclic) bond motifs is 1. The summed E-state index contributed by atoms with van der Waals surface area (Å²) in [6.07, 6.45) is 0. The van der Waals surface area contributed by atoms with Crippen molar-refractivity contribution in [3.8, 4) is 5.75 Å². The molecule has 0 radical (unpaired) electrons. The fraction of sp³-hybridized carbons (Fsp3) is 0.222. The van der Waals surface area contributed by atoms with E-state index < -0.39 is 16.7 Å². The van der Waals surface area contributed by atoms with Gasteiger partial charge in [-0.05, 0) is 30.7 Å². The Morgan fingerprint density at radius 2 is 2.15 bits per heavy atom. The third kappa shape index (κ3) is 4.17. The van der Waals surface area contributed by atoms with Gasteiger partial charge in [0.1, 0.15) is 12.3 Å². The standard InChI is InChI=1S/C18H16ClN3O5/c1-11(12-3-2-4-13(19)7-12)20-17(23)9-21-15-8-14(22(25)26)5-6-16(15)27-10-18(21)24/h2-8,11H,9-10H2,1H3,(H,20,23). The second-order valence-corrected chi connectivity index (χ2v) is 6.46. The molecule has 0 aliphatic carbocycles. The molecule has 2 aromatic carbocycles. The molecule has 140 valence electrons. The fourth-order valence-corrected chi connectivity index (χ4v) is 2.97. The summed E-state index contributed by atoms with van der Waals surface area (Å²) in [6, 6.07) is 10.7. The van der Waals surface area contributed by atoms with Crippen LogP contribution in [-0.2, 0) is 9.59 Å². The number of nitro groups is 1. The number of rotatable bonds is 5. The first-order chi connectivity index (χ1) is 12.8. The third-order valence-corrected chi connectivity index (χ3v) is 4.36. The summed E-state index contributed by atoms with van der Waals surface area (Å²) >= 11 is 5.96. The average molecular weight is 390 g/mol. The Bertz CT molecular complexity index is 918. The van der Waals surface area contributed by atoms with Crippen molar-refractivity contribution in [1.82, 2.24) is 5.32 Å². The number of non-ortho nitro benzene ring substituents is 1. The van der Waals surface area contributed by atoms with E-state index >= 15 is 0 Å². The highest BCUT2D eigenvalue weighted by Gasteiger charge is 2.29. The highest BCUT2D eigenvalue weighted by Crippen LogP contribution is 2.35. The molecule has 0 aromatic heterocycles. The molecule has 2 amide bonds. The molecule has 8 nitrogen and oxygen atoms in total. The number of halogens is 1. The second kappa shape index (κ2) is 7.63. The van der Waals surface area contributed by atoms with Gasteiger partial charge in [0.25, 0.3) is 11.6 Å². The molecule has 0 spiro atoms. The maximum absolute atomic E-state index is 12.4. The highest BCUT2D eigenvalue weighted by atomic mass is 35.5. The molecule has 1 N–H and O–H groups in total. The molecule has 1 heterocycles. The van der Waals surface area contributed by atoms with Gasteiger partial charge in [-0.25, -0.2) is 0 Å². The zero-order chi connectivity index (χ0) is 19.6. The molecular weight excluding hydrogens is 374 g/mol. The van der Waals surface area contributed by atoms with Crippen LogP contribution in [-0.4, -0.2) is 29.9 Å². The zero-order valence-electron chi connectivity index (χ0n) is 14.3. The Labute approximate surface area is 159 Å². The summed E-state index contributed by atoms with van der Waals surface area (Å²) in [7, 11) is 0. The monoisotopic (exact) mass is 389 g/mol. The van der Waals surface area contributed by atoms with E-state index in [1.54, 1.807) is 25.1 Å². The number of hydrogen-bond donors (Lipinski definition) is 1. The molecule has 1 unspecified atom stereocenters. The normalized spacial score (nSPS) is 14.1. The Morgan fingerprint density at radius 1 is 1.37 bits per heavy atom. The summed E-state index contributed by atoms with van der Waals surface area (Å²) in [5, 5.41) is 14.3. The minimum atomic E-state index is -0.571. The molecule has 2 aromatic rings. The van der Waals surface area contributed by atoms with Gasteiger partial charge in [-0.3, -0.25) is 24.6 Å². The van der Waals surface area contributed by atoms with Gasteiger partial charge in [-0.15, -0.1) is 0 Å². The van der Waals surface area contributed by atoms with Gasteiger partial charge in [0, 0.05) is 17.2 Å². The molecule has 0 fully saturated rings. The van der Waals surface area contributed by atoms with E-state index in [-0.39, 0.29) is 30.6 Å². The molecule has 0 bridgehead atoms. The number of benzene rings is 2. The summed E-state index contributed by atoms with van der Waals surface area (Å²) < 4.78 is 5.29. The van der Waals surface area contributed by atoms with Crippen LogP contribution in [0.1, 0.15) is 18.5 Å². The minimum absolute atomic E-state index is 0.190. The number of nitrogens with one attached hydrogen (secondary N) is 1. The van der Waals surface area contributed by atoms with Crippen molar-refractivity contribution in [3.05, 3.63) is 63.2 Å². The Balaban J connectivity index is 1.77. The molecule has 27 heavy (non-hydrogen) atoms. The number of nitro benzene ring substituents is 1. The summed E-state index contributed by atoms with van der Waals surface area (Å²) in [6.45, 7) is 1.28. The van der Waals surface area contributed by atoms with Crippen LogP contribution < -0.4 is 15.0 Å². The van der Waals surface area contributed by atoms with Crippen LogP contribution >= 0.6 is 11.6 Å². The number of ether oxygens (including phenoxy) is 1. The predicted octanol–water partition coefficient (Wildman–Crippen LogP) is 2.85. The molecule has 1 aliphatic rings. The number of amides is 2. The van der Waals surface area contributed by atoms with Crippen LogP contribution in [0.15, 0.2) is 42.5 Å². The number of anilines is 1. The van der Waals surface area contributed by atoms with Crippen molar-refractivity contribution in [2.75, 3.05) is 18.1 Å². The molecule has 1 aliphatic heterocycles. The van der Waals surface area contributed by atoms with E-state index in [2.05, 4.69) is 5.32 Å². The molecule has 9 heteroatoms. The SMILES string of the molecule is CC(NC(=O)CN1C(=O)COc2ccc([N+](=O)[O-])cc21)c1cccc(Cl)c1. The smallest absolute Gasteiger partial charge is 0.271 e. The van der Waals surface area contributed by atoms with Crippen LogP contribution in [0.2, 0.25) is 5.02 Å². The van der Waals surface area contributed by atoms with Crippen molar-refractivity contribution in [1.29, 1.82) is 0 Å². The zero-order valence-corrected chi connectivity index (χ0v) is 15.1. The number of nitrogens with zero attached hydrogens (tertiary/aromatic N) is 2. The largest absolute Gasteiger partial charge is 0.482 e. The average Bonchev–Trinajstić information content (AvgIpc) is 2.63. The van der Waals surface area contributed by atoms with Crippen LogP contribution in [0.3, 0.4) is 0 Å². The van der Waals surface area contributed by atoms with E-state index in [0.717, 1.165) is 5.56 Å². The molecule has 0 saturated heterocycles. The summed E-state index contributed by atoms with van der Waals surface area (Å²) in [5.41, 5.74) is 0.830. The quantitative estimate of drug-likeness (QED) is 0.625. The molecule has 1 atom stereocenters. The first-order valence-electron chi connectivity index (χ1n) is 8.11. The van der Waals surface area contributed by atoms with Crippen molar-refractivity contribution in [2.24, 2.45) is 0 Å². The van der Waals surface area contributed by atoms with Crippen LogP contribution in [0.5, 0.6) is 5.75 Å². The van der Waals surface area contributed by atoms with E-state index in [4.69, 9.17) is 16.3 Å². The van der Waals surface area contributed by atoms with E-state index in [0.29, 0.717) is 10.8 Å². The van der Waals surface area contributed by atoms with Gasteiger partial charge >= 0.3 is 0 Å². The Kier molecular flexibility index (Phi) is 5.27. The summed E-state index contributed by atoms with van der Waals surface area (Å²) in [5.74, 6) is -0.542. The third-order valence-electron chi connectivity index (χ3n) is 4.12. The van der Waals surface area contributed by atoms with E-state index in [1.165, 1.54) is 23.1 Å². The first-order valence-corrected chi connectivity index (χ1v) is 8.49. The van der Waals surface area contributed by atoms with Gasteiger partial charge in [0.2, 0.25) is 5.91 Å². The van der Waals surface area contributed by atoms with Gasteiger partial charge in [-0.2, -0.15) is 0 Å².